The topological polar surface area (TPSA) is 237 Å². The van der Waals surface area contributed by atoms with Gasteiger partial charge in [0.15, 0.2) is 12.2 Å². The molecule has 17 nitrogen and oxygen atoms in total. The van der Waals surface area contributed by atoms with Crippen LogP contribution in [0.25, 0.3) is 0 Å². The largest absolute Gasteiger partial charge is 0.472 e. The van der Waals surface area contributed by atoms with Gasteiger partial charge in [-0.05, 0) is 103 Å². The van der Waals surface area contributed by atoms with Crippen molar-refractivity contribution in [2.45, 2.75) is 303 Å². The van der Waals surface area contributed by atoms with Gasteiger partial charge in [-0.2, -0.15) is 0 Å². The lowest BCUT2D eigenvalue weighted by Crippen LogP contribution is -2.30. The Morgan fingerprint density at radius 2 is 0.551 bits per heavy atom. The fraction of sp³-hybridized carbons (Fsp3) is 0.671. The summed E-state index contributed by atoms with van der Waals surface area (Å²) >= 11 is 0. The lowest BCUT2D eigenvalue weighted by molar-refractivity contribution is -0.161. The summed E-state index contributed by atoms with van der Waals surface area (Å²) in [6, 6.07) is 0. The molecule has 5 unspecified atom stereocenters. The quantitative estimate of drug-likeness (QED) is 0.0169. The first-order valence-corrected chi connectivity index (χ1v) is 40.4. The molecule has 0 aromatic heterocycles. The van der Waals surface area contributed by atoms with Crippen LogP contribution in [-0.4, -0.2) is 96.7 Å². The molecule has 0 spiro atoms. The Morgan fingerprint density at radius 3 is 0.867 bits per heavy atom. The maximum atomic E-state index is 13.0. The number of esters is 4. The molecule has 0 aliphatic carbocycles. The molecule has 98 heavy (non-hydrogen) atoms. The van der Waals surface area contributed by atoms with Gasteiger partial charge in [0, 0.05) is 25.7 Å². The standard InChI is InChI=1S/C79H132O17P2/c1-5-9-13-17-21-25-29-31-33-35-36-38-40-42-46-48-52-56-60-64-77(82)90-70-75(96-79(84)66-62-58-54-50-44-28-24-20-16-12-8-4)72-94-98(87,88)92-68-73(80)67-91-97(85,86)93-71-74(95-78(83)65-61-57-53-49-43-27-23-19-15-11-7-3)69-89-76(81)63-59-55-51-47-45-41-39-37-34-32-30-26-22-18-14-10-6-2/h9-10,13-14,21-22,25-26,31-34,36,38-39,41-42,46-47,51-52,56,73-75,80H,5-8,11-12,15-20,23-24,27-30,35,37,40,43-45,48-50,53-55,57-72H2,1-4H3,(H,85,86)(H,87,88)/b13-9-,14-10-,25-21-,26-22-,33-31-,34-32-,38-36-,41-39-,46-42-,51-47-,56-52-. The lowest BCUT2D eigenvalue weighted by atomic mass is 10.1. The number of unbranched alkanes of at least 4 members (excludes halogenated alkanes) is 21. The molecule has 0 aromatic carbocycles. The van der Waals surface area contributed by atoms with Crippen molar-refractivity contribution < 1.29 is 80.2 Å². The summed E-state index contributed by atoms with van der Waals surface area (Å²) in [4.78, 5) is 72.7. The first kappa shape index (κ1) is 93.2. The van der Waals surface area contributed by atoms with Gasteiger partial charge in [0.1, 0.15) is 19.3 Å². The molecule has 0 radical (unpaired) electrons. The average molecular weight is 1420 g/mol. The first-order valence-electron chi connectivity index (χ1n) is 37.4. The first-order chi connectivity index (χ1) is 47.7. The SMILES string of the molecule is CC/C=C\C/C=C\C/C=C\C/C=C\C/C=C\C/C=C\CCC(=O)OCC(COP(=O)(O)OCC(O)COP(=O)(O)OCC(COC(=O)CCC/C=C\C/C=C\C/C=C\C/C=C\C/C=C\CC)OC(=O)CCCCCCCCCCCCC)OC(=O)CCCCCCCCCCCCC. The molecule has 0 aliphatic heterocycles. The molecular formula is C79H132O17P2. The van der Waals surface area contributed by atoms with Crippen LogP contribution in [0, 0.1) is 0 Å². The monoisotopic (exact) mass is 1410 g/mol. The number of hydrogen-bond acceptors (Lipinski definition) is 15. The maximum absolute atomic E-state index is 13.0. The molecular weight excluding hydrogens is 1280 g/mol. The minimum Gasteiger partial charge on any atom is -0.462 e. The van der Waals surface area contributed by atoms with E-state index in [-0.39, 0.29) is 25.7 Å². The van der Waals surface area contributed by atoms with Gasteiger partial charge in [0.2, 0.25) is 0 Å². The van der Waals surface area contributed by atoms with Crippen molar-refractivity contribution in [1.82, 2.24) is 0 Å². The molecule has 0 amide bonds. The summed E-state index contributed by atoms with van der Waals surface area (Å²) in [7, 11) is -9.98. The van der Waals surface area contributed by atoms with Gasteiger partial charge in [0.05, 0.1) is 26.4 Å². The Hall–Kier alpha value is -4.80. The number of aliphatic hydroxyl groups excluding tert-OH is 1. The highest BCUT2D eigenvalue weighted by Crippen LogP contribution is 2.45. The van der Waals surface area contributed by atoms with Crippen molar-refractivity contribution in [3.63, 3.8) is 0 Å². The van der Waals surface area contributed by atoms with Crippen molar-refractivity contribution in [2.24, 2.45) is 0 Å². The van der Waals surface area contributed by atoms with Crippen LogP contribution in [0.1, 0.15) is 285 Å². The van der Waals surface area contributed by atoms with E-state index in [1.54, 1.807) is 0 Å². The highest BCUT2D eigenvalue weighted by molar-refractivity contribution is 7.47. The third-order valence-corrected chi connectivity index (χ3v) is 17.1. The minimum atomic E-state index is -4.99. The maximum Gasteiger partial charge on any atom is 0.472 e. The van der Waals surface area contributed by atoms with Crippen LogP contribution >= 0.6 is 15.6 Å². The van der Waals surface area contributed by atoms with Crippen molar-refractivity contribution in [3.05, 3.63) is 134 Å². The molecule has 19 heteroatoms. The Labute approximate surface area is 593 Å². The number of hydrogen-bond donors (Lipinski definition) is 3. The number of aliphatic hydroxyl groups is 1. The molecule has 0 aliphatic rings. The van der Waals surface area contributed by atoms with E-state index in [2.05, 4.69) is 131 Å². The summed E-state index contributed by atoms with van der Waals surface area (Å²) in [5, 5.41) is 10.6. The molecule has 3 N–H and O–H groups in total. The van der Waals surface area contributed by atoms with E-state index < -0.39 is 97.5 Å². The number of phosphoric ester groups is 2. The predicted molar refractivity (Wildman–Crippen MR) is 399 cm³/mol. The molecule has 0 fully saturated rings. The number of phosphoric acid groups is 2. The van der Waals surface area contributed by atoms with E-state index in [1.807, 2.05) is 30.4 Å². The van der Waals surface area contributed by atoms with E-state index in [1.165, 1.54) is 77.0 Å². The van der Waals surface area contributed by atoms with E-state index in [4.69, 9.17) is 37.0 Å². The van der Waals surface area contributed by atoms with Gasteiger partial charge in [-0.3, -0.25) is 37.3 Å². The number of carbonyl (C=O) groups is 4. The van der Waals surface area contributed by atoms with Gasteiger partial charge < -0.3 is 33.8 Å². The van der Waals surface area contributed by atoms with Crippen molar-refractivity contribution in [2.75, 3.05) is 39.6 Å². The number of rotatable bonds is 69. The van der Waals surface area contributed by atoms with E-state index >= 15 is 0 Å². The summed E-state index contributed by atoms with van der Waals surface area (Å²) in [5.74, 6) is -2.34. The van der Waals surface area contributed by atoms with Crippen molar-refractivity contribution >= 4 is 39.5 Å². The van der Waals surface area contributed by atoms with Crippen LogP contribution in [0.2, 0.25) is 0 Å². The van der Waals surface area contributed by atoms with Crippen molar-refractivity contribution in [1.29, 1.82) is 0 Å². The van der Waals surface area contributed by atoms with Gasteiger partial charge in [0.25, 0.3) is 0 Å². The van der Waals surface area contributed by atoms with Crippen LogP contribution in [0.5, 0.6) is 0 Å². The zero-order chi connectivity index (χ0) is 71.8. The van der Waals surface area contributed by atoms with E-state index in [0.717, 1.165) is 116 Å². The minimum absolute atomic E-state index is 0.0344. The van der Waals surface area contributed by atoms with Gasteiger partial charge in [-0.1, -0.05) is 290 Å². The third-order valence-electron chi connectivity index (χ3n) is 15.2. The van der Waals surface area contributed by atoms with Crippen LogP contribution in [0.4, 0.5) is 0 Å². The van der Waals surface area contributed by atoms with Gasteiger partial charge in [-0.15, -0.1) is 0 Å². The summed E-state index contributed by atoms with van der Waals surface area (Å²) < 4.78 is 68.2. The van der Waals surface area contributed by atoms with Crippen LogP contribution in [0.3, 0.4) is 0 Å². The highest BCUT2D eigenvalue weighted by Gasteiger charge is 2.30. The Kier molecular flexibility index (Phi) is 67.2. The van der Waals surface area contributed by atoms with Crippen LogP contribution in [0.15, 0.2) is 134 Å². The number of ether oxygens (including phenoxy) is 4. The molecule has 0 rings (SSSR count). The van der Waals surface area contributed by atoms with Crippen LogP contribution < -0.4 is 0 Å². The molecule has 0 aromatic rings. The van der Waals surface area contributed by atoms with E-state index in [0.29, 0.717) is 38.5 Å². The molecule has 5 atom stereocenters. The zero-order valence-electron chi connectivity index (χ0n) is 60.9. The number of carbonyl (C=O) groups excluding carboxylic acids is 4. The van der Waals surface area contributed by atoms with Crippen molar-refractivity contribution in [3.8, 4) is 0 Å². The second-order valence-electron chi connectivity index (χ2n) is 24.5. The Morgan fingerprint density at radius 1 is 0.296 bits per heavy atom. The van der Waals surface area contributed by atoms with Gasteiger partial charge >= 0.3 is 39.5 Å². The fourth-order valence-corrected chi connectivity index (χ4v) is 11.1. The predicted octanol–water partition coefficient (Wildman–Crippen LogP) is 21.3. The van der Waals surface area contributed by atoms with E-state index in [9.17, 15) is 43.2 Å². The average Bonchev–Trinajstić information content (AvgIpc) is 1.03. The van der Waals surface area contributed by atoms with Crippen LogP contribution in [-0.2, 0) is 65.4 Å². The molecule has 0 bridgehead atoms. The molecule has 0 saturated carbocycles. The zero-order valence-corrected chi connectivity index (χ0v) is 62.7. The normalized spacial score (nSPS) is 14.7. The molecule has 560 valence electrons. The Balaban J connectivity index is 5.39. The fourth-order valence-electron chi connectivity index (χ4n) is 9.52. The summed E-state index contributed by atoms with van der Waals surface area (Å²) in [6.45, 7) is 4.47. The summed E-state index contributed by atoms with van der Waals surface area (Å²) in [5.41, 5.74) is 0. The Bertz CT molecular complexity index is 2380. The smallest absolute Gasteiger partial charge is 0.462 e. The lowest BCUT2D eigenvalue weighted by Gasteiger charge is -2.21. The third kappa shape index (κ3) is 69.7. The highest BCUT2D eigenvalue weighted by atomic mass is 31.2. The number of allylic oxidation sites excluding steroid dienone is 22. The van der Waals surface area contributed by atoms with Gasteiger partial charge in [-0.25, -0.2) is 9.13 Å². The summed E-state index contributed by atoms with van der Waals surface area (Å²) in [6.07, 6.45) is 77.7. The molecule has 0 saturated heterocycles. The second-order valence-corrected chi connectivity index (χ2v) is 27.4. The second kappa shape index (κ2) is 70.6. The molecule has 0 heterocycles.